The zero-order valence-electron chi connectivity index (χ0n) is 6.14. The molecule has 0 bridgehead atoms. The van der Waals surface area contributed by atoms with Gasteiger partial charge < -0.3 is 0 Å². The smallest absolute Gasteiger partial charge is 0.0163 e. The van der Waals surface area contributed by atoms with Crippen LogP contribution in [-0.2, 0) is 0 Å². The summed E-state index contributed by atoms with van der Waals surface area (Å²) >= 11 is 0. The van der Waals surface area contributed by atoms with Gasteiger partial charge in [0.05, 0.1) is 0 Å². The van der Waals surface area contributed by atoms with Crippen molar-refractivity contribution in [1.82, 2.24) is 4.90 Å². The molecule has 0 N–H and O–H groups in total. The monoisotopic (exact) mass is 125 g/mol. The van der Waals surface area contributed by atoms with Gasteiger partial charge >= 0.3 is 0 Å². The molecule has 1 nitrogen and oxygen atoms in total. The number of rotatable bonds is 5. The largest absolute Gasteiger partial charge is 0.296 e. The molecule has 0 amide bonds. The second-order valence-corrected chi connectivity index (χ2v) is 1.93. The van der Waals surface area contributed by atoms with Crippen molar-refractivity contribution in [2.75, 3.05) is 19.6 Å². The zero-order valence-corrected chi connectivity index (χ0v) is 6.14. The van der Waals surface area contributed by atoms with Crippen molar-refractivity contribution in [3.05, 3.63) is 25.3 Å². The highest BCUT2D eigenvalue weighted by atomic mass is 15.1. The van der Waals surface area contributed by atoms with Crippen LogP contribution in [0.3, 0.4) is 0 Å². The fraction of sp³-hybridized carbons (Fsp3) is 0.500. The van der Waals surface area contributed by atoms with Gasteiger partial charge in [-0.2, -0.15) is 0 Å². The molecule has 52 valence electrons. The number of hydrogen-bond acceptors (Lipinski definition) is 1. The molecular formula is C8H15N. The molecule has 0 aromatic heterocycles. The first kappa shape index (κ1) is 8.44. The van der Waals surface area contributed by atoms with Crippen LogP contribution in [0.4, 0.5) is 0 Å². The third-order valence-electron chi connectivity index (χ3n) is 1.22. The predicted molar refractivity (Wildman–Crippen MR) is 42.5 cm³/mol. The van der Waals surface area contributed by atoms with Gasteiger partial charge in [-0.15, -0.1) is 13.2 Å². The summed E-state index contributed by atoms with van der Waals surface area (Å²) in [4.78, 5) is 2.25. The summed E-state index contributed by atoms with van der Waals surface area (Å²) in [5, 5.41) is 0. The summed E-state index contributed by atoms with van der Waals surface area (Å²) in [5.74, 6) is 0. The van der Waals surface area contributed by atoms with Crippen LogP contribution in [0.15, 0.2) is 25.3 Å². The highest BCUT2D eigenvalue weighted by molar-refractivity contribution is 4.78. The average Bonchev–Trinajstić information content (AvgIpc) is 1.88. The van der Waals surface area contributed by atoms with Crippen molar-refractivity contribution >= 4 is 0 Å². The van der Waals surface area contributed by atoms with Gasteiger partial charge in [-0.05, 0) is 6.54 Å². The molecule has 0 aliphatic rings. The SMILES string of the molecule is C=CCN(CC)CC=C. The molecule has 0 saturated carbocycles. The third-order valence-corrected chi connectivity index (χ3v) is 1.22. The summed E-state index contributed by atoms with van der Waals surface area (Å²) in [5.41, 5.74) is 0. The second kappa shape index (κ2) is 5.57. The minimum absolute atomic E-state index is 0.961. The Bertz CT molecular complexity index is 76.6. The van der Waals surface area contributed by atoms with E-state index in [2.05, 4.69) is 25.0 Å². The van der Waals surface area contributed by atoms with Gasteiger partial charge in [0.25, 0.3) is 0 Å². The second-order valence-electron chi connectivity index (χ2n) is 1.93. The van der Waals surface area contributed by atoms with E-state index in [0.717, 1.165) is 19.6 Å². The Morgan fingerprint density at radius 2 is 1.67 bits per heavy atom. The minimum Gasteiger partial charge on any atom is -0.296 e. The Labute approximate surface area is 57.7 Å². The van der Waals surface area contributed by atoms with Gasteiger partial charge in [-0.3, -0.25) is 4.90 Å². The van der Waals surface area contributed by atoms with Crippen molar-refractivity contribution in [1.29, 1.82) is 0 Å². The summed E-state index contributed by atoms with van der Waals surface area (Å²) in [6.45, 7) is 12.4. The molecule has 0 spiro atoms. The Morgan fingerprint density at radius 3 is 1.89 bits per heavy atom. The van der Waals surface area contributed by atoms with E-state index in [9.17, 15) is 0 Å². The van der Waals surface area contributed by atoms with E-state index in [1.165, 1.54) is 0 Å². The lowest BCUT2D eigenvalue weighted by Crippen LogP contribution is -2.22. The lowest BCUT2D eigenvalue weighted by atomic mass is 10.4. The van der Waals surface area contributed by atoms with Crippen LogP contribution in [0.25, 0.3) is 0 Å². The molecule has 9 heavy (non-hydrogen) atoms. The molecule has 0 aromatic rings. The first-order chi connectivity index (χ1) is 4.35. The van der Waals surface area contributed by atoms with Gasteiger partial charge in [0.2, 0.25) is 0 Å². The van der Waals surface area contributed by atoms with Crippen LogP contribution in [0, 0.1) is 0 Å². The Hall–Kier alpha value is -0.560. The van der Waals surface area contributed by atoms with Gasteiger partial charge in [-0.1, -0.05) is 19.1 Å². The Morgan fingerprint density at radius 1 is 1.22 bits per heavy atom. The number of nitrogens with zero attached hydrogens (tertiary/aromatic N) is 1. The molecule has 0 unspecified atom stereocenters. The molecule has 0 atom stereocenters. The van der Waals surface area contributed by atoms with E-state index in [4.69, 9.17) is 0 Å². The first-order valence-electron chi connectivity index (χ1n) is 3.29. The van der Waals surface area contributed by atoms with Crippen molar-refractivity contribution in [3.63, 3.8) is 0 Å². The third kappa shape index (κ3) is 3.98. The maximum absolute atomic E-state index is 3.65. The summed E-state index contributed by atoms with van der Waals surface area (Å²) in [7, 11) is 0. The predicted octanol–water partition coefficient (Wildman–Crippen LogP) is 1.68. The summed E-state index contributed by atoms with van der Waals surface area (Å²) < 4.78 is 0. The van der Waals surface area contributed by atoms with Crippen LogP contribution in [0.1, 0.15) is 6.92 Å². The van der Waals surface area contributed by atoms with Crippen molar-refractivity contribution in [2.45, 2.75) is 6.92 Å². The van der Waals surface area contributed by atoms with Crippen LogP contribution < -0.4 is 0 Å². The zero-order chi connectivity index (χ0) is 7.11. The molecule has 0 aliphatic heterocycles. The van der Waals surface area contributed by atoms with E-state index >= 15 is 0 Å². The average molecular weight is 125 g/mol. The molecule has 0 heterocycles. The Balaban J connectivity index is 3.39. The Kier molecular flexibility index (Phi) is 5.23. The van der Waals surface area contributed by atoms with E-state index in [0.29, 0.717) is 0 Å². The van der Waals surface area contributed by atoms with Gasteiger partial charge in [0.1, 0.15) is 0 Å². The maximum atomic E-state index is 3.65. The normalized spacial score (nSPS) is 9.56. The first-order valence-corrected chi connectivity index (χ1v) is 3.29. The van der Waals surface area contributed by atoms with Crippen LogP contribution in [0.5, 0.6) is 0 Å². The standard InChI is InChI=1S/C8H15N/c1-4-7-9(6-3)8-5-2/h4-5H,1-2,6-8H2,3H3. The highest BCUT2D eigenvalue weighted by Gasteiger charge is 1.92. The van der Waals surface area contributed by atoms with E-state index < -0.39 is 0 Å². The van der Waals surface area contributed by atoms with Crippen molar-refractivity contribution in [3.8, 4) is 0 Å². The molecular weight excluding hydrogens is 110 g/mol. The van der Waals surface area contributed by atoms with Crippen LogP contribution in [-0.4, -0.2) is 24.5 Å². The van der Waals surface area contributed by atoms with E-state index in [1.54, 1.807) is 0 Å². The number of likely N-dealkylation sites (N-methyl/N-ethyl adjacent to an activating group) is 1. The fourth-order valence-corrected chi connectivity index (χ4v) is 0.698. The summed E-state index contributed by atoms with van der Waals surface area (Å²) in [6.07, 6.45) is 3.82. The van der Waals surface area contributed by atoms with Gasteiger partial charge in [-0.25, -0.2) is 0 Å². The van der Waals surface area contributed by atoms with Crippen molar-refractivity contribution in [2.24, 2.45) is 0 Å². The van der Waals surface area contributed by atoms with Crippen LogP contribution in [0.2, 0.25) is 0 Å². The molecule has 0 saturated heterocycles. The molecule has 0 rings (SSSR count). The molecule has 0 aromatic carbocycles. The lowest BCUT2D eigenvalue weighted by Gasteiger charge is -2.14. The van der Waals surface area contributed by atoms with Gasteiger partial charge in [0.15, 0.2) is 0 Å². The molecule has 0 radical (unpaired) electrons. The molecule has 0 fully saturated rings. The van der Waals surface area contributed by atoms with E-state index in [1.807, 2.05) is 12.2 Å². The quantitative estimate of drug-likeness (QED) is 0.505. The minimum atomic E-state index is 0.961. The van der Waals surface area contributed by atoms with Crippen molar-refractivity contribution < 1.29 is 0 Å². The lowest BCUT2D eigenvalue weighted by molar-refractivity contribution is 0.355. The summed E-state index contributed by atoms with van der Waals surface area (Å²) in [6, 6.07) is 0. The maximum Gasteiger partial charge on any atom is 0.0163 e. The molecule has 0 aliphatic carbocycles. The number of hydrogen-bond donors (Lipinski definition) is 0. The van der Waals surface area contributed by atoms with Gasteiger partial charge in [0, 0.05) is 13.1 Å². The van der Waals surface area contributed by atoms with Crippen LogP contribution >= 0.6 is 0 Å². The highest BCUT2D eigenvalue weighted by Crippen LogP contribution is 1.86. The van der Waals surface area contributed by atoms with E-state index in [-0.39, 0.29) is 0 Å². The topological polar surface area (TPSA) is 3.24 Å². The fourth-order valence-electron chi connectivity index (χ4n) is 0.698. The molecule has 1 heteroatoms.